The van der Waals surface area contributed by atoms with Crippen molar-refractivity contribution in [3.63, 3.8) is 0 Å². The second kappa shape index (κ2) is 9.58. The molecule has 28 heavy (non-hydrogen) atoms. The molecule has 0 bridgehead atoms. The topological polar surface area (TPSA) is 67.4 Å². The van der Waals surface area contributed by atoms with Crippen molar-refractivity contribution in [2.45, 2.75) is 6.42 Å². The van der Waals surface area contributed by atoms with Crippen LogP contribution in [0.3, 0.4) is 0 Å². The normalized spacial score (nSPS) is 10.2. The molecule has 0 fully saturated rings. The van der Waals surface area contributed by atoms with Gasteiger partial charge >= 0.3 is 0 Å². The number of benzene rings is 3. The lowest BCUT2D eigenvalue weighted by atomic mass is 10.1. The molecule has 3 rings (SSSR count). The highest BCUT2D eigenvalue weighted by atomic mass is 35.5. The van der Waals surface area contributed by atoms with E-state index in [9.17, 15) is 9.59 Å². The molecule has 0 saturated carbocycles. The molecule has 0 saturated heterocycles. The summed E-state index contributed by atoms with van der Waals surface area (Å²) in [7, 11) is 0. The molecule has 0 aliphatic rings. The minimum atomic E-state index is -0.448. The Morgan fingerprint density at radius 1 is 0.750 bits per heavy atom. The average Bonchev–Trinajstić information content (AvgIpc) is 2.73. The van der Waals surface area contributed by atoms with E-state index in [1.165, 1.54) is 0 Å². The molecule has 142 valence electrons. The zero-order chi connectivity index (χ0) is 19.8. The van der Waals surface area contributed by atoms with Gasteiger partial charge in [-0.2, -0.15) is 0 Å². The summed E-state index contributed by atoms with van der Waals surface area (Å²) in [6.45, 7) is -0.202. The van der Waals surface area contributed by atoms with Crippen molar-refractivity contribution in [1.82, 2.24) is 10.9 Å². The van der Waals surface area contributed by atoms with Crippen molar-refractivity contribution < 1.29 is 14.3 Å². The van der Waals surface area contributed by atoms with E-state index in [-0.39, 0.29) is 18.9 Å². The van der Waals surface area contributed by atoms with Crippen LogP contribution < -0.4 is 15.6 Å². The van der Waals surface area contributed by atoms with Crippen LogP contribution in [0.4, 0.5) is 0 Å². The fourth-order valence-electron chi connectivity index (χ4n) is 2.53. The van der Waals surface area contributed by atoms with Crippen LogP contribution in [-0.4, -0.2) is 18.4 Å². The van der Waals surface area contributed by atoms with Crippen LogP contribution in [0.1, 0.15) is 5.56 Å². The smallest absolute Gasteiger partial charge is 0.276 e. The number of carbonyl (C=O) groups excluding carboxylic acids is 2. The van der Waals surface area contributed by atoms with Gasteiger partial charge < -0.3 is 4.74 Å². The predicted molar refractivity (Wildman–Crippen MR) is 109 cm³/mol. The largest absolute Gasteiger partial charge is 0.484 e. The van der Waals surface area contributed by atoms with Gasteiger partial charge in [-0.05, 0) is 41.0 Å². The third kappa shape index (κ3) is 5.86. The zero-order valence-corrected chi connectivity index (χ0v) is 15.8. The van der Waals surface area contributed by atoms with E-state index in [0.29, 0.717) is 10.8 Å². The third-order valence-corrected chi connectivity index (χ3v) is 4.20. The van der Waals surface area contributed by atoms with E-state index in [4.69, 9.17) is 16.3 Å². The molecule has 0 radical (unpaired) electrons. The van der Waals surface area contributed by atoms with E-state index >= 15 is 0 Å². The first kappa shape index (κ1) is 19.5. The maximum absolute atomic E-state index is 11.8. The molecule has 3 aromatic rings. The maximum Gasteiger partial charge on any atom is 0.276 e. The van der Waals surface area contributed by atoms with Crippen molar-refractivity contribution in [2.75, 3.05) is 6.61 Å². The Bertz CT molecular complexity index is 926. The molecule has 0 spiro atoms. The van der Waals surface area contributed by atoms with Crippen LogP contribution in [0.25, 0.3) is 11.1 Å². The van der Waals surface area contributed by atoms with Gasteiger partial charge in [-0.1, -0.05) is 66.2 Å². The van der Waals surface area contributed by atoms with Crippen molar-refractivity contribution in [1.29, 1.82) is 0 Å². The van der Waals surface area contributed by atoms with Gasteiger partial charge in [-0.25, -0.2) is 0 Å². The average molecular weight is 395 g/mol. The van der Waals surface area contributed by atoms with Gasteiger partial charge in [0.1, 0.15) is 5.75 Å². The molecular weight excluding hydrogens is 376 g/mol. The quantitative estimate of drug-likeness (QED) is 0.625. The van der Waals surface area contributed by atoms with E-state index in [2.05, 4.69) is 10.9 Å². The molecule has 0 aliphatic carbocycles. The Kier molecular flexibility index (Phi) is 6.65. The van der Waals surface area contributed by atoms with E-state index in [1.54, 1.807) is 36.4 Å². The third-order valence-electron chi connectivity index (χ3n) is 3.95. The first-order chi connectivity index (χ1) is 13.6. The Morgan fingerprint density at radius 3 is 2.04 bits per heavy atom. The standard InChI is InChI=1S/C22H19ClN2O3/c23-19-10-6-16(7-11-19)14-21(26)24-25-22(27)15-28-20-12-8-18(9-13-20)17-4-2-1-3-5-17/h1-13H,14-15H2,(H,24,26)(H,25,27). The fourth-order valence-corrected chi connectivity index (χ4v) is 2.66. The molecule has 0 aliphatic heterocycles. The van der Waals surface area contributed by atoms with Crippen LogP contribution in [0.5, 0.6) is 5.75 Å². The first-order valence-electron chi connectivity index (χ1n) is 8.70. The summed E-state index contributed by atoms with van der Waals surface area (Å²) in [5, 5.41) is 0.603. The molecule has 2 amide bonds. The lowest BCUT2D eigenvalue weighted by Crippen LogP contribution is -2.44. The molecule has 0 unspecified atom stereocenters. The van der Waals surface area contributed by atoms with Gasteiger partial charge in [0, 0.05) is 5.02 Å². The number of rotatable bonds is 6. The molecule has 3 aromatic carbocycles. The second-order valence-electron chi connectivity index (χ2n) is 6.08. The van der Waals surface area contributed by atoms with Crippen molar-refractivity contribution in [2.24, 2.45) is 0 Å². The molecule has 5 nitrogen and oxygen atoms in total. The van der Waals surface area contributed by atoms with E-state index in [0.717, 1.165) is 16.7 Å². The highest BCUT2D eigenvalue weighted by Crippen LogP contribution is 2.21. The van der Waals surface area contributed by atoms with Crippen LogP contribution in [0.2, 0.25) is 5.02 Å². The minimum Gasteiger partial charge on any atom is -0.484 e. The van der Waals surface area contributed by atoms with Gasteiger partial charge in [0.2, 0.25) is 5.91 Å². The summed E-state index contributed by atoms with van der Waals surface area (Å²) in [6, 6.07) is 24.4. The van der Waals surface area contributed by atoms with Crippen molar-refractivity contribution in [3.05, 3.63) is 89.4 Å². The number of halogens is 1. The number of hydrogen-bond donors (Lipinski definition) is 2. The summed E-state index contributed by atoms with van der Waals surface area (Å²) in [5.74, 6) is -0.207. The lowest BCUT2D eigenvalue weighted by Gasteiger charge is -2.09. The number of nitrogens with one attached hydrogen (secondary N) is 2. The van der Waals surface area contributed by atoms with Crippen molar-refractivity contribution in [3.8, 4) is 16.9 Å². The molecular formula is C22H19ClN2O3. The Morgan fingerprint density at radius 2 is 1.36 bits per heavy atom. The van der Waals surface area contributed by atoms with Gasteiger partial charge in [-0.15, -0.1) is 0 Å². The van der Waals surface area contributed by atoms with Gasteiger partial charge in [0.15, 0.2) is 6.61 Å². The van der Waals surface area contributed by atoms with Crippen LogP contribution in [-0.2, 0) is 16.0 Å². The maximum atomic E-state index is 11.8. The summed E-state index contributed by atoms with van der Waals surface area (Å²) in [5.41, 5.74) is 7.66. The Hall–Kier alpha value is -3.31. The number of ether oxygens (including phenoxy) is 1. The van der Waals surface area contributed by atoms with Gasteiger partial charge in [0.05, 0.1) is 6.42 Å². The molecule has 2 N–H and O–H groups in total. The second-order valence-corrected chi connectivity index (χ2v) is 6.52. The number of amides is 2. The van der Waals surface area contributed by atoms with Crippen LogP contribution in [0.15, 0.2) is 78.9 Å². The number of hydrogen-bond acceptors (Lipinski definition) is 3. The minimum absolute atomic E-state index is 0.138. The fraction of sp³-hybridized carbons (Fsp3) is 0.0909. The number of hydrazine groups is 1. The van der Waals surface area contributed by atoms with Crippen LogP contribution in [0, 0.1) is 0 Å². The van der Waals surface area contributed by atoms with Crippen LogP contribution >= 0.6 is 11.6 Å². The number of carbonyl (C=O) groups is 2. The van der Waals surface area contributed by atoms with E-state index in [1.807, 2.05) is 42.5 Å². The summed E-state index contributed by atoms with van der Waals surface area (Å²) < 4.78 is 5.44. The lowest BCUT2D eigenvalue weighted by molar-refractivity contribution is -0.129. The summed E-state index contributed by atoms with van der Waals surface area (Å²) in [4.78, 5) is 23.7. The SMILES string of the molecule is O=C(COc1ccc(-c2ccccc2)cc1)NNC(=O)Cc1ccc(Cl)cc1. The highest BCUT2D eigenvalue weighted by molar-refractivity contribution is 6.30. The summed E-state index contributed by atoms with van der Waals surface area (Å²) in [6.07, 6.45) is 0.138. The Balaban J connectivity index is 1.41. The molecule has 0 heterocycles. The zero-order valence-electron chi connectivity index (χ0n) is 15.0. The molecule has 0 atom stereocenters. The van der Waals surface area contributed by atoms with E-state index < -0.39 is 5.91 Å². The van der Waals surface area contributed by atoms with Gasteiger partial charge in [-0.3, -0.25) is 20.4 Å². The molecule has 6 heteroatoms. The first-order valence-corrected chi connectivity index (χ1v) is 9.08. The Labute approximate surface area is 168 Å². The van der Waals surface area contributed by atoms with Crippen molar-refractivity contribution >= 4 is 23.4 Å². The highest BCUT2D eigenvalue weighted by Gasteiger charge is 2.07. The predicted octanol–water partition coefficient (Wildman–Crippen LogP) is 3.78. The molecule has 0 aromatic heterocycles. The summed E-state index contributed by atoms with van der Waals surface area (Å²) >= 11 is 5.80. The monoisotopic (exact) mass is 394 g/mol. The van der Waals surface area contributed by atoms with Gasteiger partial charge in [0.25, 0.3) is 5.91 Å².